The number of rotatable bonds is 6. The summed E-state index contributed by atoms with van der Waals surface area (Å²) in [5.74, 6) is 2.43. The number of sulfone groups is 1. The van der Waals surface area contributed by atoms with Crippen LogP contribution < -0.4 is 10.6 Å². The van der Waals surface area contributed by atoms with Gasteiger partial charge in [0.05, 0.1) is 23.8 Å². The van der Waals surface area contributed by atoms with Gasteiger partial charge in [-0.05, 0) is 50.4 Å². The first-order chi connectivity index (χ1) is 12.1. The molecule has 9 heteroatoms. The molecule has 0 aliphatic carbocycles. The SMILES string of the molecule is CN=C(NCC1CCS(=O)(=O)C1)NCC(c1ccco1)N1CCCC1.I. The van der Waals surface area contributed by atoms with Gasteiger partial charge in [0.2, 0.25) is 0 Å². The lowest BCUT2D eigenvalue weighted by Crippen LogP contribution is -2.44. The van der Waals surface area contributed by atoms with E-state index in [1.807, 2.05) is 12.1 Å². The zero-order valence-electron chi connectivity index (χ0n) is 15.2. The van der Waals surface area contributed by atoms with E-state index >= 15 is 0 Å². The minimum atomic E-state index is -2.84. The van der Waals surface area contributed by atoms with Gasteiger partial charge < -0.3 is 15.1 Å². The Morgan fingerprint density at radius 2 is 2.15 bits per heavy atom. The van der Waals surface area contributed by atoms with Gasteiger partial charge in [-0.3, -0.25) is 9.89 Å². The van der Waals surface area contributed by atoms with Gasteiger partial charge >= 0.3 is 0 Å². The molecule has 2 saturated heterocycles. The molecule has 148 valence electrons. The molecule has 2 N–H and O–H groups in total. The summed E-state index contributed by atoms with van der Waals surface area (Å²) in [6, 6.07) is 4.12. The first-order valence-corrected chi connectivity index (χ1v) is 10.8. The van der Waals surface area contributed by atoms with Crippen molar-refractivity contribution in [1.82, 2.24) is 15.5 Å². The summed E-state index contributed by atoms with van der Waals surface area (Å²) in [7, 11) is -1.10. The second-order valence-electron chi connectivity index (χ2n) is 6.88. The van der Waals surface area contributed by atoms with E-state index in [1.165, 1.54) is 12.8 Å². The van der Waals surface area contributed by atoms with Crippen molar-refractivity contribution in [2.45, 2.75) is 25.3 Å². The Morgan fingerprint density at radius 1 is 1.38 bits per heavy atom. The Hall–Kier alpha value is -0.810. The molecule has 0 aromatic carbocycles. The Bertz CT molecular complexity index is 672. The molecule has 2 unspecified atom stereocenters. The molecular formula is C17H29IN4O3S. The fraction of sp³-hybridized carbons (Fsp3) is 0.706. The van der Waals surface area contributed by atoms with Crippen molar-refractivity contribution < 1.29 is 12.8 Å². The second-order valence-corrected chi connectivity index (χ2v) is 9.11. The van der Waals surface area contributed by atoms with E-state index in [0.717, 1.165) is 25.3 Å². The molecule has 0 radical (unpaired) electrons. The van der Waals surface area contributed by atoms with E-state index in [4.69, 9.17) is 4.42 Å². The highest BCUT2D eigenvalue weighted by molar-refractivity contribution is 14.0. The molecule has 0 spiro atoms. The topological polar surface area (TPSA) is 86.9 Å². The van der Waals surface area contributed by atoms with Crippen LogP contribution in [0.5, 0.6) is 0 Å². The van der Waals surface area contributed by atoms with Crippen LogP contribution in [0.1, 0.15) is 31.1 Å². The average Bonchev–Trinajstić information content (AvgIpc) is 3.33. The molecule has 1 aromatic rings. The number of halogens is 1. The molecule has 2 atom stereocenters. The minimum absolute atomic E-state index is 0. The van der Waals surface area contributed by atoms with Crippen LogP contribution in [-0.2, 0) is 9.84 Å². The minimum Gasteiger partial charge on any atom is -0.468 e. The standard InChI is InChI=1S/C17H28N4O3S.HI/c1-18-17(19-11-14-6-10-25(22,23)13-14)20-12-15(16-5-4-9-24-16)21-7-2-3-8-21;/h4-5,9,14-15H,2-3,6-8,10-13H2,1H3,(H2,18,19,20);1H. The van der Waals surface area contributed by atoms with Crippen LogP contribution in [-0.4, -0.2) is 64.0 Å². The van der Waals surface area contributed by atoms with Gasteiger partial charge in [0, 0.05) is 20.1 Å². The van der Waals surface area contributed by atoms with Crippen molar-refractivity contribution >= 4 is 39.8 Å². The molecule has 0 bridgehead atoms. The first kappa shape index (κ1) is 21.5. The van der Waals surface area contributed by atoms with E-state index in [2.05, 4.69) is 20.5 Å². The predicted molar refractivity (Wildman–Crippen MR) is 114 cm³/mol. The van der Waals surface area contributed by atoms with Crippen molar-refractivity contribution in [2.75, 3.05) is 44.7 Å². The van der Waals surface area contributed by atoms with E-state index in [0.29, 0.717) is 24.8 Å². The number of furan rings is 1. The second kappa shape index (κ2) is 9.93. The molecular weight excluding hydrogens is 467 g/mol. The molecule has 2 aliphatic rings. The third kappa shape index (κ3) is 5.85. The molecule has 3 heterocycles. The number of aliphatic imine (C=N–C) groups is 1. The highest BCUT2D eigenvalue weighted by Crippen LogP contribution is 2.24. The molecule has 3 rings (SSSR count). The normalized spacial score (nSPS) is 24.2. The highest BCUT2D eigenvalue weighted by Gasteiger charge is 2.28. The quantitative estimate of drug-likeness (QED) is 0.354. The summed E-state index contributed by atoms with van der Waals surface area (Å²) in [5.41, 5.74) is 0. The van der Waals surface area contributed by atoms with Gasteiger partial charge in [0.15, 0.2) is 15.8 Å². The number of nitrogens with one attached hydrogen (secondary N) is 2. The van der Waals surface area contributed by atoms with Crippen molar-refractivity contribution in [3.8, 4) is 0 Å². The number of likely N-dealkylation sites (tertiary alicyclic amines) is 1. The van der Waals surface area contributed by atoms with Crippen molar-refractivity contribution in [3.63, 3.8) is 0 Å². The van der Waals surface area contributed by atoms with E-state index in [-0.39, 0.29) is 41.7 Å². The van der Waals surface area contributed by atoms with Crippen molar-refractivity contribution in [1.29, 1.82) is 0 Å². The summed E-state index contributed by atoms with van der Waals surface area (Å²) < 4.78 is 28.7. The smallest absolute Gasteiger partial charge is 0.191 e. The molecule has 1 aromatic heterocycles. The Balaban J connectivity index is 0.00000243. The van der Waals surface area contributed by atoms with Gasteiger partial charge in [0.1, 0.15) is 5.76 Å². The van der Waals surface area contributed by atoms with Crippen LogP contribution in [0.4, 0.5) is 0 Å². The van der Waals surface area contributed by atoms with Gasteiger partial charge in [-0.1, -0.05) is 0 Å². The first-order valence-electron chi connectivity index (χ1n) is 9.00. The largest absolute Gasteiger partial charge is 0.468 e. The lowest BCUT2D eigenvalue weighted by atomic mass is 10.1. The average molecular weight is 496 g/mol. The van der Waals surface area contributed by atoms with Crippen LogP contribution in [0.3, 0.4) is 0 Å². The van der Waals surface area contributed by atoms with E-state index in [1.54, 1.807) is 13.3 Å². The molecule has 0 saturated carbocycles. The summed E-state index contributed by atoms with van der Waals surface area (Å²) >= 11 is 0. The zero-order chi connectivity index (χ0) is 17.7. The van der Waals surface area contributed by atoms with E-state index < -0.39 is 9.84 Å². The fourth-order valence-electron chi connectivity index (χ4n) is 3.63. The van der Waals surface area contributed by atoms with Crippen LogP contribution in [0.15, 0.2) is 27.8 Å². The maximum atomic E-state index is 11.6. The fourth-order valence-corrected chi connectivity index (χ4v) is 5.49. The van der Waals surface area contributed by atoms with Crippen LogP contribution >= 0.6 is 24.0 Å². The maximum absolute atomic E-state index is 11.6. The lowest BCUT2D eigenvalue weighted by Gasteiger charge is -2.27. The highest BCUT2D eigenvalue weighted by atomic mass is 127. The molecule has 0 amide bonds. The van der Waals surface area contributed by atoms with Crippen molar-refractivity contribution in [2.24, 2.45) is 10.9 Å². The number of nitrogens with zero attached hydrogens (tertiary/aromatic N) is 2. The maximum Gasteiger partial charge on any atom is 0.191 e. The van der Waals surface area contributed by atoms with Gasteiger partial charge in [-0.15, -0.1) is 24.0 Å². The Labute approximate surface area is 172 Å². The Morgan fingerprint density at radius 3 is 2.73 bits per heavy atom. The van der Waals surface area contributed by atoms with Crippen molar-refractivity contribution in [3.05, 3.63) is 24.2 Å². The third-order valence-electron chi connectivity index (χ3n) is 5.02. The summed E-state index contributed by atoms with van der Waals surface area (Å²) in [6.07, 6.45) is 4.89. The molecule has 2 aliphatic heterocycles. The number of guanidine groups is 1. The lowest BCUT2D eigenvalue weighted by molar-refractivity contribution is 0.215. The predicted octanol–water partition coefficient (Wildman–Crippen LogP) is 1.63. The van der Waals surface area contributed by atoms with Crippen LogP contribution in [0, 0.1) is 5.92 Å². The van der Waals surface area contributed by atoms with Gasteiger partial charge in [-0.2, -0.15) is 0 Å². The zero-order valence-corrected chi connectivity index (χ0v) is 18.3. The third-order valence-corrected chi connectivity index (χ3v) is 6.86. The van der Waals surface area contributed by atoms with Gasteiger partial charge in [-0.25, -0.2) is 8.42 Å². The van der Waals surface area contributed by atoms with E-state index in [9.17, 15) is 8.42 Å². The van der Waals surface area contributed by atoms with Gasteiger partial charge in [0.25, 0.3) is 0 Å². The molecule has 2 fully saturated rings. The monoisotopic (exact) mass is 496 g/mol. The summed E-state index contributed by atoms with van der Waals surface area (Å²) in [5, 5.41) is 6.63. The Kier molecular flexibility index (Phi) is 8.21. The summed E-state index contributed by atoms with van der Waals surface area (Å²) in [4.78, 5) is 6.69. The van der Waals surface area contributed by atoms with Crippen LogP contribution in [0.2, 0.25) is 0 Å². The summed E-state index contributed by atoms with van der Waals surface area (Å²) in [6.45, 7) is 3.50. The van der Waals surface area contributed by atoms with Crippen LogP contribution in [0.25, 0.3) is 0 Å². The number of hydrogen-bond donors (Lipinski definition) is 2. The molecule has 7 nitrogen and oxygen atoms in total. The number of hydrogen-bond acceptors (Lipinski definition) is 5. The molecule has 26 heavy (non-hydrogen) atoms.